The molecule has 1 saturated heterocycles. The Morgan fingerprint density at radius 1 is 1.16 bits per heavy atom. The molecule has 3 N–H and O–H groups in total. The van der Waals surface area contributed by atoms with Crippen LogP contribution in [0.2, 0.25) is 0 Å². The maximum absolute atomic E-state index is 8.85. The average molecular weight is 270 g/mol. The lowest BCUT2D eigenvalue weighted by molar-refractivity contribution is 0.0822. The number of nitrogens with zero attached hydrogens (tertiary/aromatic N) is 3. The fourth-order valence-corrected chi connectivity index (χ4v) is 2.58. The lowest BCUT2D eigenvalue weighted by atomic mass is 10.00. The molecule has 0 amide bonds. The zero-order valence-corrected chi connectivity index (χ0v) is 12.7. The molecule has 0 aromatic carbocycles. The first-order chi connectivity index (χ1) is 9.02. The van der Waals surface area contributed by atoms with E-state index >= 15 is 0 Å². The van der Waals surface area contributed by atoms with Gasteiger partial charge in [-0.2, -0.15) is 0 Å². The highest BCUT2D eigenvalue weighted by Gasteiger charge is 2.33. The van der Waals surface area contributed by atoms with Gasteiger partial charge in [-0.3, -0.25) is 4.90 Å². The number of oxime groups is 1. The van der Waals surface area contributed by atoms with Gasteiger partial charge < -0.3 is 15.8 Å². The van der Waals surface area contributed by atoms with Crippen LogP contribution in [0.15, 0.2) is 5.16 Å². The topological polar surface area (TPSA) is 65.1 Å². The third-order valence-corrected chi connectivity index (χ3v) is 4.23. The van der Waals surface area contributed by atoms with Crippen molar-refractivity contribution in [3.05, 3.63) is 0 Å². The summed E-state index contributed by atoms with van der Waals surface area (Å²) >= 11 is 0. The molecule has 0 aliphatic carbocycles. The molecule has 0 spiro atoms. The molecule has 5 heteroatoms. The minimum Gasteiger partial charge on any atom is -0.409 e. The SMILES string of the molecule is CCCCCCN1CCN(C(C)(C)C(N)=NO)CC1. The van der Waals surface area contributed by atoms with Gasteiger partial charge >= 0.3 is 0 Å². The normalized spacial score (nSPS) is 19.8. The third kappa shape index (κ3) is 4.66. The predicted octanol–water partition coefficient (Wildman–Crippen LogP) is 1.71. The van der Waals surface area contributed by atoms with Crippen LogP contribution in [-0.2, 0) is 0 Å². The molecule has 0 saturated carbocycles. The van der Waals surface area contributed by atoms with Crippen molar-refractivity contribution >= 4 is 5.84 Å². The summed E-state index contributed by atoms with van der Waals surface area (Å²) in [5, 5.41) is 12.0. The Balaban J connectivity index is 2.32. The Bertz CT molecular complexity index is 283. The van der Waals surface area contributed by atoms with Crippen LogP contribution in [0.5, 0.6) is 0 Å². The highest BCUT2D eigenvalue weighted by Crippen LogP contribution is 2.17. The summed E-state index contributed by atoms with van der Waals surface area (Å²) in [6.07, 6.45) is 5.28. The standard InChI is InChI=1S/C14H30N4O/c1-4-5-6-7-8-17-9-11-18(12-10-17)14(2,3)13(15)16-19/h19H,4-12H2,1-3H3,(H2,15,16). The fraction of sp³-hybridized carbons (Fsp3) is 0.929. The predicted molar refractivity (Wildman–Crippen MR) is 79.6 cm³/mol. The van der Waals surface area contributed by atoms with Crippen molar-refractivity contribution in [2.75, 3.05) is 32.7 Å². The second kappa shape index (κ2) is 7.70. The summed E-state index contributed by atoms with van der Waals surface area (Å²) in [5.74, 6) is 0.295. The maximum Gasteiger partial charge on any atom is 0.159 e. The van der Waals surface area contributed by atoms with Crippen molar-refractivity contribution < 1.29 is 5.21 Å². The van der Waals surface area contributed by atoms with Crippen molar-refractivity contribution in [2.45, 2.75) is 52.0 Å². The Hall–Kier alpha value is -0.810. The Kier molecular flexibility index (Phi) is 6.58. The molecule has 1 aliphatic heterocycles. The number of amidine groups is 1. The molecule has 1 fully saturated rings. The minimum absolute atomic E-state index is 0.295. The van der Waals surface area contributed by atoms with Gasteiger partial charge in [0.15, 0.2) is 5.84 Å². The van der Waals surface area contributed by atoms with Gasteiger partial charge in [0, 0.05) is 26.2 Å². The summed E-state index contributed by atoms with van der Waals surface area (Å²) in [7, 11) is 0. The van der Waals surface area contributed by atoms with Crippen LogP contribution in [0.25, 0.3) is 0 Å². The molecule has 19 heavy (non-hydrogen) atoms. The zero-order valence-electron chi connectivity index (χ0n) is 12.7. The Morgan fingerprint density at radius 3 is 2.32 bits per heavy atom. The van der Waals surface area contributed by atoms with Gasteiger partial charge in [0.1, 0.15) is 0 Å². The van der Waals surface area contributed by atoms with Crippen molar-refractivity contribution in [3.8, 4) is 0 Å². The van der Waals surface area contributed by atoms with Crippen LogP contribution >= 0.6 is 0 Å². The van der Waals surface area contributed by atoms with Crippen molar-refractivity contribution in [1.82, 2.24) is 9.80 Å². The molecule has 0 aromatic rings. The average Bonchev–Trinajstić information content (AvgIpc) is 2.43. The second-order valence-corrected chi connectivity index (χ2v) is 5.93. The number of piperazine rings is 1. The van der Waals surface area contributed by atoms with E-state index in [-0.39, 0.29) is 5.54 Å². The van der Waals surface area contributed by atoms with E-state index in [0.717, 1.165) is 26.2 Å². The molecule has 0 bridgehead atoms. The number of hydrogen-bond acceptors (Lipinski definition) is 4. The number of rotatable bonds is 7. The summed E-state index contributed by atoms with van der Waals surface area (Å²) in [5.41, 5.74) is 5.42. The molecular weight excluding hydrogens is 240 g/mol. The van der Waals surface area contributed by atoms with Crippen LogP contribution < -0.4 is 5.73 Å². The van der Waals surface area contributed by atoms with Crippen molar-refractivity contribution in [1.29, 1.82) is 0 Å². The first-order valence-corrected chi connectivity index (χ1v) is 7.47. The molecule has 1 heterocycles. The summed E-state index contributed by atoms with van der Waals surface area (Å²) in [6, 6.07) is 0. The van der Waals surface area contributed by atoms with E-state index in [4.69, 9.17) is 10.9 Å². The summed E-state index contributed by atoms with van der Waals surface area (Å²) < 4.78 is 0. The third-order valence-electron chi connectivity index (χ3n) is 4.23. The molecule has 0 atom stereocenters. The maximum atomic E-state index is 8.85. The van der Waals surface area contributed by atoms with Gasteiger partial charge in [-0.25, -0.2) is 0 Å². The van der Waals surface area contributed by atoms with Gasteiger partial charge in [0.25, 0.3) is 0 Å². The summed E-state index contributed by atoms with van der Waals surface area (Å²) in [6.45, 7) is 11.6. The van der Waals surface area contributed by atoms with Crippen LogP contribution in [0.1, 0.15) is 46.5 Å². The van der Waals surface area contributed by atoms with Gasteiger partial charge in [-0.05, 0) is 26.8 Å². The molecule has 0 aromatic heterocycles. The van der Waals surface area contributed by atoms with Crippen LogP contribution in [0.3, 0.4) is 0 Å². The molecule has 0 radical (unpaired) electrons. The summed E-state index contributed by atoms with van der Waals surface area (Å²) in [4.78, 5) is 4.82. The van der Waals surface area contributed by atoms with Crippen LogP contribution in [0.4, 0.5) is 0 Å². The Morgan fingerprint density at radius 2 is 1.79 bits per heavy atom. The van der Waals surface area contributed by atoms with E-state index in [1.165, 1.54) is 32.2 Å². The smallest absolute Gasteiger partial charge is 0.159 e. The van der Waals surface area contributed by atoms with Crippen LogP contribution in [-0.4, -0.2) is 59.1 Å². The van der Waals surface area contributed by atoms with E-state index in [9.17, 15) is 0 Å². The van der Waals surface area contributed by atoms with E-state index in [2.05, 4.69) is 21.9 Å². The largest absolute Gasteiger partial charge is 0.409 e. The van der Waals surface area contributed by atoms with Crippen LogP contribution in [0, 0.1) is 0 Å². The van der Waals surface area contributed by atoms with Crippen molar-refractivity contribution in [3.63, 3.8) is 0 Å². The quantitative estimate of drug-likeness (QED) is 0.243. The van der Waals surface area contributed by atoms with Gasteiger partial charge in [-0.15, -0.1) is 0 Å². The monoisotopic (exact) mass is 270 g/mol. The molecule has 1 rings (SSSR count). The van der Waals surface area contributed by atoms with Crippen molar-refractivity contribution in [2.24, 2.45) is 10.9 Å². The van der Waals surface area contributed by atoms with E-state index in [1.807, 2.05) is 13.8 Å². The van der Waals surface area contributed by atoms with Gasteiger partial charge in [0.05, 0.1) is 5.54 Å². The van der Waals surface area contributed by atoms with E-state index in [0.29, 0.717) is 5.84 Å². The number of hydrogen-bond donors (Lipinski definition) is 2. The first-order valence-electron chi connectivity index (χ1n) is 7.47. The molecular formula is C14H30N4O. The van der Waals surface area contributed by atoms with Gasteiger partial charge in [0.2, 0.25) is 0 Å². The lowest BCUT2D eigenvalue weighted by Gasteiger charge is -2.43. The molecule has 112 valence electrons. The number of unbranched alkanes of at least 4 members (excludes halogenated alkanes) is 3. The second-order valence-electron chi connectivity index (χ2n) is 5.93. The lowest BCUT2D eigenvalue weighted by Crippen LogP contribution is -2.59. The van der Waals surface area contributed by atoms with Gasteiger partial charge in [-0.1, -0.05) is 31.3 Å². The highest BCUT2D eigenvalue weighted by molar-refractivity contribution is 5.88. The zero-order chi connectivity index (χ0) is 14.3. The molecule has 0 unspecified atom stereocenters. The minimum atomic E-state index is -0.358. The van der Waals surface area contributed by atoms with E-state index in [1.54, 1.807) is 0 Å². The number of nitrogens with two attached hydrogens (primary N) is 1. The first kappa shape index (κ1) is 16.2. The fourth-order valence-electron chi connectivity index (χ4n) is 2.58. The molecule has 1 aliphatic rings. The highest BCUT2D eigenvalue weighted by atomic mass is 16.4. The molecule has 5 nitrogen and oxygen atoms in total. The Labute approximate surface area is 117 Å². The van der Waals surface area contributed by atoms with E-state index < -0.39 is 0 Å².